The van der Waals surface area contributed by atoms with Gasteiger partial charge < -0.3 is 25.8 Å². The summed E-state index contributed by atoms with van der Waals surface area (Å²) in [6.07, 6.45) is 1.39. The maximum atomic E-state index is 14.1. The van der Waals surface area contributed by atoms with Crippen LogP contribution < -0.4 is 16.6 Å². The average Bonchev–Trinajstić information content (AvgIpc) is 2.80. The number of aromatic amines is 1. The molecule has 0 saturated carbocycles. The zero-order chi connectivity index (χ0) is 22.8. The molecule has 7 nitrogen and oxygen atoms in total. The van der Waals surface area contributed by atoms with Crippen LogP contribution in [-0.4, -0.2) is 53.9 Å². The number of fused-ring (bicyclic) bond motifs is 1. The quantitative estimate of drug-likeness (QED) is 0.581. The van der Waals surface area contributed by atoms with Gasteiger partial charge in [-0.1, -0.05) is 0 Å². The van der Waals surface area contributed by atoms with Gasteiger partial charge in [-0.25, -0.2) is 8.78 Å². The topological polar surface area (TPSA) is 94.5 Å². The Bertz CT molecular complexity index is 1250. The number of aromatic nitrogens is 1. The van der Waals surface area contributed by atoms with E-state index in [0.717, 1.165) is 19.2 Å². The predicted octanol–water partition coefficient (Wildman–Crippen LogP) is 2.56. The minimum absolute atomic E-state index is 0.0105. The first kappa shape index (κ1) is 21.5. The summed E-state index contributed by atoms with van der Waals surface area (Å²) in [5.74, 6) is -2.08. The fourth-order valence-electron chi connectivity index (χ4n) is 3.57. The van der Waals surface area contributed by atoms with E-state index < -0.39 is 17.2 Å². The molecule has 166 valence electrons. The number of piperazine rings is 1. The zero-order valence-corrected chi connectivity index (χ0v) is 17.5. The number of carbonyl (C=O) groups excluding carboxylic acids is 1. The Hall–Kier alpha value is -3.72. The SMILES string of the molecule is CN1CCN(C(=O)c2ccc(N/C=C(\N)c3cc4c(F)c(F)ccc4[nH]c3=O)cc2)CC1. The van der Waals surface area contributed by atoms with E-state index in [1.165, 1.54) is 18.3 Å². The highest BCUT2D eigenvalue weighted by Crippen LogP contribution is 2.20. The van der Waals surface area contributed by atoms with Gasteiger partial charge in [0.2, 0.25) is 0 Å². The third-order valence-corrected chi connectivity index (χ3v) is 5.54. The minimum Gasteiger partial charge on any atom is -0.397 e. The van der Waals surface area contributed by atoms with Crippen LogP contribution in [0.25, 0.3) is 16.6 Å². The highest BCUT2D eigenvalue weighted by molar-refractivity contribution is 5.94. The Morgan fingerprint density at radius 3 is 2.47 bits per heavy atom. The van der Waals surface area contributed by atoms with Gasteiger partial charge in [-0.05, 0) is 49.5 Å². The number of nitrogens with two attached hydrogens (primary N) is 1. The number of hydrogen-bond donors (Lipinski definition) is 3. The van der Waals surface area contributed by atoms with Crippen LogP contribution in [0.4, 0.5) is 14.5 Å². The Balaban J connectivity index is 1.49. The van der Waals surface area contributed by atoms with Crippen molar-refractivity contribution in [3.05, 3.63) is 81.8 Å². The molecule has 1 aliphatic rings. The zero-order valence-electron chi connectivity index (χ0n) is 17.5. The molecule has 0 radical (unpaired) electrons. The fraction of sp³-hybridized carbons (Fsp3) is 0.217. The first-order valence-corrected chi connectivity index (χ1v) is 10.1. The highest BCUT2D eigenvalue weighted by atomic mass is 19.2. The van der Waals surface area contributed by atoms with Crippen LogP contribution >= 0.6 is 0 Å². The van der Waals surface area contributed by atoms with E-state index >= 15 is 0 Å². The number of likely N-dealkylation sites (N-methyl/N-ethyl adjacent to an activating group) is 1. The third-order valence-electron chi connectivity index (χ3n) is 5.54. The maximum Gasteiger partial charge on any atom is 0.257 e. The number of hydrogen-bond acceptors (Lipinski definition) is 5. The Kier molecular flexibility index (Phi) is 5.91. The van der Waals surface area contributed by atoms with E-state index in [2.05, 4.69) is 15.2 Å². The van der Waals surface area contributed by atoms with Crippen LogP contribution in [0, 0.1) is 11.6 Å². The van der Waals surface area contributed by atoms with Gasteiger partial charge in [-0.3, -0.25) is 9.59 Å². The van der Waals surface area contributed by atoms with Crippen LogP contribution in [0.1, 0.15) is 15.9 Å². The third kappa shape index (κ3) is 4.33. The molecule has 0 spiro atoms. The standard InChI is InChI=1S/C23H23F2N5O2/c1-29-8-10-30(11-9-29)23(32)14-2-4-15(5-3-14)27-13-19(26)16-12-17-20(28-22(16)31)7-6-18(24)21(17)25/h2-7,12-13,27H,8-11,26H2,1H3,(H,28,31)/b19-13-. The lowest BCUT2D eigenvalue weighted by Gasteiger charge is -2.32. The van der Waals surface area contributed by atoms with Crippen LogP contribution in [-0.2, 0) is 0 Å². The van der Waals surface area contributed by atoms with Gasteiger partial charge in [0.25, 0.3) is 11.5 Å². The van der Waals surface area contributed by atoms with Crippen LogP contribution in [0.15, 0.2) is 53.5 Å². The predicted molar refractivity (Wildman–Crippen MR) is 120 cm³/mol. The lowest BCUT2D eigenvalue weighted by molar-refractivity contribution is 0.0664. The van der Waals surface area contributed by atoms with Gasteiger partial charge in [0.05, 0.1) is 16.8 Å². The van der Waals surface area contributed by atoms with Crippen molar-refractivity contribution in [2.45, 2.75) is 0 Å². The average molecular weight is 439 g/mol. The number of nitrogens with zero attached hydrogens (tertiary/aromatic N) is 2. The summed E-state index contributed by atoms with van der Waals surface area (Å²) >= 11 is 0. The second kappa shape index (κ2) is 8.80. The van der Waals surface area contributed by atoms with E-state index in [1.807, 2.05) is 11.9 Å². The van der Waals surface area contributed by atoms with Crippen molar-refractivity contribution in [1.29, 1.82) is 0 Å². The summed E-state index contributed by atoms with van der Waals surface area (Å²) in [5, 5.41) is 2.89. The monoisotopic (exact) mass is 439 g/mol. The van der Waals surface area contributed by atoms with Crippen molar-refractivity contribution >= 4 is 28.2 Å². The van der Waals surface area contributed by atoms with Crippen molar-refractivity contribution < 1.29 is 13.6 Å². The Morgan fingerprint density at radius 1 is 1.09 bits per heavy atom. The number of H-pyrrole nitrogens is 1. The largest absolute Gasteiger partial charge is 0.397 e. The van der Waals surface area contributed by atoms with Gasteiger partial charge in [0, 0.05) is 49.0 Å². The first-order chi connectivity index (χ1) is 15.3. The lowest BCUT2D eigenvalue weighted by atomic mass is 10.1. The second-order valence-electron chi connectivity index (χ2n) is 7.75. The normalized spacial score (nSPS) is 15.2. The fourth-order valence-corrected chi connectivity index (χ4v) is 3.57. The molecule has 1 aromatic heterocycles. The van der Waals surface area contributed by atoms with Crippen molar-refractivity contribution in [3.63, 3.8) is 0 Å². The number of pyridine rings is 1. The summed E-state index contributed by atoms with van der Waals surface area (Å²) in [4.78, 5) is 31.4. The molecule has 0 unspecified atom stereocenters. The summed E-state index contributed by atoms with van der Waals surface area (Å²) in [6, 6.07) is 10.4. The smallest absolute Gasteiger partial charge is 0.257 e. The number of amides is 1. The lowest BCUT2D eigenvalue weighted by Crippen LogP contribution is -2.47. The van der Waals surface area contributed by atoms with Crippen molar-refractivity contribution in [3.8, 4) is 0 Å². The molecule has 0 atom stereocenters. The van der Waals surface area contributed by atoms with Gasteiger partial charge in [-0.15, -0.1) is 0 Å². The maximum absolute atomic E-state index is 14.1. The first-order valence-electron chi connectivity index (χ1n) is 10.1. The molecule has 3 aromatic rings. The molecule has 9 heteroatoms. The molecule has 1 fully saturated rings. The number of rotatable bonds is 4. The van der Waals surface area contributed by atoms with Crippen LogP contribution in [0.3, 0.4) is 0 Å². The van der Waals surface area contributed by atoms with E-state index in [-0.39, 0.29) is 28.1 Å². The molecule has 32 heavy (non-hydrogen) atoms. The van der Waals surface area contributed by atoms with Gasteiger partial charge in [-0.2, -0.15) is 0 Å². The van der Waals surface area contributed by atoms with Crippen molar-refractivity contribution in [2.75, 3.05) is 38.5 Å². The highest BCUT2D eigenvalue weighted by Gasteiger charge is 2.20. The number of benzene rings is 2. The number of nitrogens with one attached hydrogen (secondary N) is 2. The second-order valence-corrected chi connectivity index (χ2v) is 7.75. The molecular formula is C23H23F2N5O2. The molecular weight excluding hydrogens is 416 g/mol. The van der Waals surface area contributed by atoms with Gasteiger partial charge >= 0.3 is 0 Å². The van der Waals surface area contributed by atoms with Crippen LogP contribution in [0.5, 0.6) is 0 Å². The molecule has 4 rings (SSSR count). The molecule has 1 amide bonds. The van der Waals surface area contributed by atoms with E-state index in [1.54, 1.807) is 24.3 Å². The number of carbonyl (C=O) groups is 1. The Labute approximate surface area is 183 Å². The molecule has 0 bridgehead atoms. The molecule has 2 heterocycles. The molecule has 0 aliphatic carbocycles. The van der Waals surface area contributed by atoms with Crippen molar-refractivity contribution in [1.82, 2.24) is 14.8 Å². The van der Waals surface area contributed by atoms with E-state index in [9.17, 15) is 18.4 Å². The van der Waals surface area contributed by atoms with Gasteiger partial charge in [0.1, 0.15) is 0 Å². The number of halogens is 2. The Morgan fingerprint density at radius 2 is 1.78 bits per heavy atom. The summed E-state index contributed by atoms with van der Waals surface area (Å²) in [5.41, 5.74) is 6.96. The van der Waals surface area contributed by atoms with Crippen molar-refractivity contribution in [2.24, 2.45) is 5.73 Å². The summed E-state index contributed by atoms with van der Waals surface area (Å²) in [7, 11) is 2.03. The van der Waals surface area contributed by atoms with E-state index in [0.29, 0.717) is 24.3 Å². The minimum atomic E-state index is -1.05. The van der Waals surface area contributed by atoms with Gasteiger partial charge in [0.15, 0.2) is 11.6 Å². The number of anilines is 1. The molecule has 1 aliphatic heterocycles. The van der Waals surface area contributed by atoms with Crippen LogP contribution in [0.2, 0.25) is 0 Å². The molecule has 2 aromatic carbocycles. The summed E-state index contributed by atoms with van der Waals surface area (Å²) in [6.45, 7) is 3.08. The van der Waals surface area contributed by atoms with E-state index in [4.69, 9.17) is 5.73 Å². The molecule has 1 saturated heterocycles. The molecule has 4 N–H and O–H groups in total. The summed E-state index contributed by atoms with van der Waals surface area (Å²) < 4.78 is 27.6.